The summed E-state index contributed by atoms with van der Waals surface area (Å²) in [6, 6.07) is 22.3. The highest BCUT2D eigenvalue weighted by Crippen LogP contribution is 2.29. The van der Waals surface area contributed by atoms with E-state index >= 15 is 0 Å². The van der Waals surface area contributed by atoms with Crippen LogP contribution in [0.2, 0.25) is 10.0 Å². The summed E-state index contributed by atoms with van der Waals surface area (Å²) in [5.41, 5.74) is 1.50. The molecule has 0 saturated heterocycles. The van der Waals surface area contributed by atoms with E-state index in [1.807, 2.05) is 54.6 Å². The average Bonchev–Trinajstić information content (AvgIpc) is 2.61. The Labute approximate surface area is 161 Å². The Bertz CT molecular complexity index is 888. The van der Waals surface area contributed by atoms with Crippen molar-refractivity contribution < 1.29 is 4.74 Å². The predicted molar refractivity (Wildman–Crippen MR) is 109 cm³/mol. The van der Waals surface area contributed by atoms with E-state index in [2.05, 4.69) is 10.6 Å². The maximum absolute atomic E-state index is 6.02. The van der Waals surface area contributed by atoms with Gasteiger partial charge in [0.1, 0.15) is 5.75 Å². The van der Waals surface area contributed by atoms with Gasteiger partial charge in [0, 0.05) is 5.69 Å². The summed E-state index contributed by atoms with van der Waals surface area (Å²) in [6.07, 6.45) is 0. The van der Waals surface area contributed by atoms with Crippen LogP contribution in [0.3, 0.4) is 0 Å². The van der Waals surface area contributed by atoms with Gasteiger partial charge in [-0.05, 0) is 54.7 Å². The van der Waals surface area contributed by atoms with E-state index < -0.39 is 0 Å². The average molecular weight is 389 g/mol. The van der Waals surface area contributed by atoms with Crippen LogP contribution in [-0.4, -0.2) is 5.11 Å². The molecule has 0 aromatic heterocycles. The van der Waals surface area contributed by atoms with Crippen LogP contribution in [0.5, 0.6) is 11.5 Å². The number of rotatable bonds is 4. The van der Waals surface area contributed by atoms with Crippen molar-refractivity contribution in [2.45, 2.75) is 0 Å². The number of nitrogens with one attached hydrogen (secondary N) is 2. The van der Waals surface area contributed by atoms with Crippen LogP contribution in [0.1, 0.15) is 0 Å². The molecule has 126 valence electrons. The highest BCUT2D eigenvalue weighted by Gasteiger charge is 2.07. The topological polar surface area (TPSA) is 33.3 Å². The van der Waals surface area contributed by atoms with Crippen molar-refractivity contribution in [3.8, 4) is 11.5 Å². The Morgan fingerprint density at radius 2 is 1.52 bits per heavy atom. The standard InChI is InChI=1S/C19H14Cl2N2OS/c20-15-11-10-13(12-16(15)21)22-19(25)23-17-8-4-5-9-18(17)24-14-6-2-1-3-7-14/h1-12H,(H2,22,23,25). The normalized spacial score (nSPS) is 10.2. The molecule has 2 N–H and O–H groups in total. The smallest absolute Gasteiger partial charge is 0.175 e. The summed E-state index contributed by atoms with van der Waals surface area (Å²) in [6.45, 7) is 0. The number of hydrogen-bond donors (Lipinski definition) is 2. The van der Waals surface area contributed by atoms with Crippen LogP contribution < -0.4 is 15.4 Å². The Morgan fingerprint density at radius 3 is 2.28 bits per heavy atom. The molecule has 0 saturated carbocycles. The molecule has 0 unspecified atom stereocenters. The Balaban J connectivity index is 1.72. The molecule has 6 heteroatoms. The monoisotopic (exact) mass is 388 g/mol. The van der Waals surface area contributed by atoms with Crippen LogP contribution in [0.25, 0.3) is 0 Å². The summed E-state index contributed by atoms with van der Waals surface area (Å²) >= 11 is 17.3. The van der Waals surface area contributed by atoms with Gasteiger partial charge < -0.3 is 15.4 Å². The van der Waals surface area contributed by atoms with Crippen molar-refractivity contribution in [2.75, 3.05) is 10.6 Å². The van der Waals surface area contributed by atoms with Gasteiger partial charge in [-0.25, -0.2) is 0 Å². The Kier molecular flexibility index (Phi) is 5.76. The molecule has 0 heterocycles. The minimum atomic E-state index is 0.419. The fourth-order valence-electron chi connectivity index (χ4n) is 2.13. The van der Waals surface area contributed by atoms with E-state index in [0.717, 1.165) is 17.1 Å². The SMILES string of the molecule is S=C(Nc1ccc(Cl)c(Cl)c1)Nc1ccccc1Oc1ccccc1. The zero-order chi connectivity index (χ0) is 17.6. The van der Waals surface area contributed by atoms with Gasteiger partial charge in [0.2, 0.25) is 0 Å². The minimum Gasteiger partial charge on any atom is -0.455 e. The lowest BCUT2D eigenvalue weighted by Crippen LogP contribution is -2.19. The lowest BCUT2D eigenvalue weighted by molar-refractivity contribution is 0.485. The maximum atomic E-state index is 6.02. The van der Waals surface area contributed by atoms with Crippen molar-refractivity contribution in [2.24, 2.45) is 0 Å². The number of hydrogen-bond acceptors (Lipinski definition) is 2. The van der Waals surface area contributed by atoms with E-state index in [1.54, 1.807) is 18.2 Å². The number of benzene rings is 3. The summed E-state index contributed by atoms with van der Waals surface area (Å²) in [4.78, 5) is 0. The number of halogens is 2. The zero-order valence-electron chi connectivity index (χ0n) is 13.0. The van der Waals surface area contributed by atoms with Gasteiger partial charge in [-0.15, -0.1) is 0 Å². The molecule has 0 amide bonds. The lowest BCUT2D eigenvalue weighted by Gasteiger charge is -2.15. The van der Waals surface area contributed by atoms with Crippen molar-refractivity contribution in [3.63, 3.8) is 0 Å². The molecule has 25 heavy (non-hydrogen) atoms. The first-order valence-corrected chi connectivity index (χ1v) is 8.63. The molecule has 0 radical (unpaired) electrons. The maximum Gasteiger partial charge on any atom is 0.175 e. The van der Waals surface area contributed by atoms with Crippen LogP contribution >= 0.6 is 35.4 Å². The van der Waals surface area contributed by atoms with Gasteiger partial charge in [0.25, 0.3) is 0 Å². The number of ether oxygens (including phenoxy) is 1. The van der Waals surface area contributed by atoms with Crippen LogP contribution in [0, 0.1) is 0 Å². The molecule has 3 aromatic rings. The fourth-order valence-corrected chi connectivity index (χ4v) is 2.66. The van der Waals surface area contributed by atoms with Crippen molar-refractivity contribution in [3.05, 3.63) is 82.8 Å². The predicted octanol–water partition coefficient (Wildman–Crippen LogP) is 6.59. The molecule has 0 aliphatic rings. The molecular weight excluding hydrogens is 375 g/mol. The molecule has 0 aliphatic heterocycles. The first-order chi connectivity index (χ1) is 12.1. The third kappa shape index (κ3) is 4.86. The number of thiocarbonyl (C=S) groups is 1. The quantitative estimate of drug-likeness (QED) is 0.493. The van der Waals surface area contributed by atoms with Gasteiger partial charge in [-0.1, -0.05) is 53.5 Å². The fraction of sp³-hybridized carbons (Fsp3) is 0. The second-order valence-corrected chi connectivity index (χ2v) is 6.34. The van der Waals surface area contributed by atoms with Gasteiger partial charge in [0.15, 0.2) is 10.9 Å². The van der Waals surface area contributed by atoms with E-state index in [0.29, 0.717) is 20.9 Å². The van der Waals surface area contributed by atoms with Crippen molar-refractivity contribution in [1.29, 1.82) is 0 Å². The lowest BCUT2D eigenvalue weighted by atomic mass is 10.3. The zero-order valence-corrected chi connectivity index (χ0v) is 15.3. The molecule has 3 nitrogen and oxygen atoms in total. The second kappa shape index (κ2) is 8.21. The minimum absolute atomic E-state index is 0.419. The number of anilines is 2. The largest absolute Gasteiger partial charge is 0.455 e. The van der Waals surface area contributed by atoms with E-state index in [-0.39, 0.29) is 0 Å². The van der Waals surface area contributed by atoms with Crippen molar-refractivity contribution in [1.82, 2.24) is 0 Å². The number of para-hydroxylation sites is 3. The molecule has 3 aromatic carbocycles. The molecule has 0 bridgehead atoms. The molecule has 0 atom stereocenters. The van der Waals surface area contributed by atoms with Crippen LogP contribution in [-0.2, 0) is 0 Å². The van der Waals surface area contributed by atoms with E-state index in [9.17, 15) is 0 Å². The van der Waals surface area contributed by atoms with Gasteiger partial charge >= 0.3 is 0 Å². The molecular formula is C19H14Cl2N2OS. The molecule has 3 rings (SSSR count). The molecule has 0 aliphatic carbocycles. The third-order valence-electron chi connectivity index (χ3n) is 3.28. The summed E-state index contributed by atoms with van der Waals surface area (Å²) < 4.78 is 5.91. The van der Waals surface area contributed by atoms with Gasteiger partial charge in [-0.2, -0.15) is 0 Å². The molecule has 0 spiro atoms. The van der Waals surface area contributed by atoms with Crippen LogP contribution in [0.4, 0.5) is 11.4 Å². The summed E-state index contributed by atoms with van der Waals surface area (Å²) in [5, 5.41) is 7.58. The first kappa shape index (κ1) is 17.5. The third-order valence-corrected chi connectivity index (χ3v) is 4.23. The highest BCUT2D eigenvalue weighted by atomic mass is 35.5. The summed E-state index contributed by atoms with van der Waals surface area (Å²) in [5.74, 6) is 1.42. The highest BCUT2D eigenvalue weighted by molar-refractivity contribution is 7.80. The van der Waals surface area contributed by atoms with Crippen molar-refractivity contribution >= 4 is 51.9 Å². The van der Waals surface area contributed by atoms with Gasteiger partial charge in [-0.3, -0.25) is 0 Å². The summed E-state index contributed by atoms with van der Waals surface area (Å²) in [7, 11) is 0. The Morgan fingerprint density at radius 1 is 0.800 bits per heavy atom. The second-order valence-electron chi connectivity index (χ2n) is 5.12. The van der Waals surface area contributed by atoms with E-state index in [4.69, 9.17) is 40.2 Å². The van der Waals surface area contributed by atoms with Gasteiger partial charge in [0.05, 0.1) is 15.7 Å². The van der Waals surface area contributed by atoms with Crippen LogP contribution in [0.15, 0.2) is 72.8 Å². The Hall–Kier alpha value is -2.27. The first-order valence-electron chi connectivity index (χ1n) is 7.47. The van der Waals surface area contributed by atoms with E-state index in [1.165, 1.54) is 0 Å². The molecule has 0 fully saturated rings.